The van der Waals surface area contributed by atoms with Crippen LogP contribution >= 0.6 is 0 Å². The predicted molar refractivity (Wildman–Crippen MR) is 79.7 cm³/mol. The molecule has 0 aliphatic heterocycles. The van der Waals surface area contributed by atoms with Crippen molar-refractivity contribution in [3.63, 3.8) is 0 Å². The van der Waals surface area contributed by atoms with Crippen LogP contribution in [0.4, 0.5) is 0 Å². The Balaban J connectivity index is 4.17. The summed E-state index contributed by atoms with van der Waals surface area (Å²) >= 11 is 0. The van der Waals surface area contributed by atoms with Crippen LogP contribution in [0.15, 0.2) is 0 Å². The van der Waals surface area contributed by atoms with Crippen molar-refractivity contribution < 1.29 is 8.42 Å². The fraction of sp³-hybridized carbons (Fsp3) is 1.00. The first-order valence-electron chi connectivity index (χ1n) is 6.82. The topological polar surface area (TPSA) is 46.2 Å². The minimum atomic E-state index is -2.91. The third kappa shape index (κ3) is 8.09. The van der Waals surface area contributed by atoms with Gasteiger partial charge in [0.2, 0.25) is 0 Å². The highest BCUT2D eigenvalue weighted by Gasteiger charge is 2.24. The van der Waals surface area contributed by atoms with Crippen LogP contribution in [0.1, 0.15) is 61.3 Å². The largest absolute Gasteiger partial charge is 0.312 e. The molecule has 0 aromatic carbocycles. The Morgan fingerprint density at radius 2 is 1.50 bits per heavy atom. The van der Waals surface area contributed by atoms with Gasteiger partial charge in [-0.25, -0.2) is 8.42 Å². The SMILES string of the molecule is CC(C)S(=O)(=O)CCC(C)(C)CCNC(C)(C)C. The van der Waals surface area contributed by atoms with Crippen molar-refractivity contribution in [1.29, 1.82) is 0 Å². The van der Waals surface area contributed by atoms with Gasteiger partial charge >= 0.3 is 0 Å². The van der Waals surface area contributed by atoms with Gasteiger partial charge in [0.15, 0.2) is 9.84 Å². The van der Waals surface area contributed by atoms with Gasteiger partial charge in [0.05, 0.1) is 11.0 Å². The summed E-state index contributed by atoms with van der Waals surface area (Å²) in [5, 5.41) is 3.19. The van der Waals surface area contributed by atoms with Crippen molar-refractivity contribution in [2.75, 3.05) is 12.3 Å². The van der Waals surface area contributed by atoms with E-state index >= 15 is 0 Å². The zero-order valence-electron chi connectivity index (χ0n) is 13.1. The standard InChI is InChI=1S/C14H31NO2S/c1-12(2)18(16,17)11-9-14(6,7)8-10-15-13(3,4)5/h12,15H,8-11H2,1-7H3. The molecule has 0 aromatic heterocycles. The minimum absolute atomic E-state index is 0.0697. The summed E-state index contributed by atoms with van der Waals surface area (Å²) < 4.78 is 23.6. The van der Waals surface area contributed by atoms with E-state index in [2.05, 4.69) is 39.9 Å². The third-order valence-corrected chi connectivity index (χ3v) is 5.45. The van der Waals surface area contributed by atoms with Crippen molar-refractivity contribution in [3.8, 4) is 0 Å². The fourth-order valence-electron chi connectivity index (χ4n) is 1.56. The molecule has 0 unspecified atom stereocenters. The summed E-state index contributed by atoms with van der Waals surface area (Å²) in [6.45, 7) is 15.2. The highest BCUT2D eigenvalue weighted by Crippen LogP contribution is 2.26. The summed E-state index contributed by atoms with van der Waals surface area (Å²) in [4.78, 5) is 0. The fourth-order valence-corrected chi connectivity index (χ4v) is 2.86. The predicted octanol–water partition coefficient (Wildman–Crippen LogP) is 3.00. The Morgan fingerprint density at radius 1 is 1.00 bits per heavy atom. The van der Waals surface area contributed by atoms with Crippen molar-refractivity contribution in [1.82, 2.24) is 5.32 Å². The molecule has 0 saturated carbocycles. The molecule has 1 N–H and O–H groups in total. The monoisotopic (exact) mass is 277 g/mol. The van der Waals surface area contributed by atoms with Crippen LogP contribution in [0.3, 0.4) is 0 Å². The molecule has 0 rings (SSSR count). The van der Waals surface area contributed by atoms with Gasteiger partial charge in [-0.15, -0.1) is 0 Å². The molecule has 0 aromatic rings. The smallest absolute Gasteiger partial charge is 0.152 e. The number of hydrogen-bond acceptors (Lipinski definition) is 3. The quantitative estimate of drug-likeness (QED) is 0.778. The summed E-state index contributed by atoms with van der Waals surface area (Å²) in [6, 6.07) is 0. The lowest BCUT2D eigenvalue weighted by atomic mass is 9.86. The Kier molecular flexibility index (Phi) is 6.34. The summed E-state index contributed by atoms with van der Waals surface area (Å²) in [5.74, 6) is 0.299. The van der Waals surface area contributed by atoms with Gasteiger partial charge in [0.25, 0.3) is 0 Å². The van der Waals surface area contributed by atoms with Gasteiger partial charge in [-0.05, 0) is 59.4 Å². The van der Waals surface area contributed by atoms with E-state index in [1.54, 1.807) is 13.8 Å². The van der Waals surface area contributed by atoms with E-state index < -0.39 is 9.84 Å². The van der Waals surface area contributed by atoms with E-state index in [9.17, 15) is 8.42 Å². The van der Waals surface area contributed by atoms with Crippen LogP contribution in [-0.4, -0.2) is 31.5 Å². The normalized spacial score (nSPS) is 14.2. The first-order chi connectivity index (χ1) is 7.86. The summed E-state index contributed by atoms with van der Waals surface area (Å²) in [5.41, 5.74) is 0.195. The molecule has 0 saturated heterocycles. The molecule has 0 atom stereocenters. The van der Waals surface area contributed by atoms with Gasteiger partial charge < -0.3 is 5.32 Å². The lowest BCUT2D eigenvalue weighted by Crippen LogP contribution is -2.38. The highest BCUT2D eigenvalue weighted by atomic mass is 32.2. The maximum absolute atomic E-state index is 11.8. The van der Waals surface area contributed by atoms with Crippen LogP contribution in [-0.2, 0) is 9.84 Å². The molecule has 4 heteroatoms. The van der Waals surface area contributed by atoms with Crippen molar-refractivity contribution >= 4 is 9.84 Å². The van der Waals surface area contributed by atoms with Crippen molar-refractivity contribution in [3.05, 3.63) is 0 Å². The van der Waals surface area contributed by atoms with E-state index in [-0.39, 0.29) is 16.2 Å². The number of nitrogens with one attached hydrogen (secondary N) is 1. The molecule has 0 radical (unpaired) electrons. The average Bonchev–Trinajstić information content (AvgIpc) is 2.12. The minimum Gasteiger partial charge on any atom is -0.312 e. The Labute approximate surface area is 114 Å². The highest BCUT2D eigenvalue weighted by molar-refractivity contribution is 7.91. The maximum atomic E-state index is 11.8. The van der Waals surface area contributed by atoms with E-state index in [1.165, 1.54) is 0 Å². The Bertz CT molecular complexity index is 337. The van der Waals surface area contributed by atoms with Gasteiger partial charge in [0, 0.05) is 5.54 Å². The van der Waals surface area contributed by atoms with Crippen molar-refractivity contribution in [2.45, 2.75) is 72.1 Å². The average molecular weight is 277 g/mol. The number of rotatable bonds is 7. The molecular formula is C14H31NO2S. The molecule has 0 fully saturated rings. The zero-order valence-corrected chi connectivity index (χ0v) is 13.9. The van der Waals surface area contributed by atoms with E-state index in [0.717, 1.165) is 19.4 Å². The summed E-state index contributed by atoms with van der Waals surface area (Å²) in [6.07, 6.45) is 1.73. The Morgan fingerprint density at radius 3 is 1.89 bits per heavy atom. The Hall–Kier alpha value is -0.0900. The van der Waals surface area contributed by atoms with Crippen LogP contribution in [0.5, 0.6) is 0 Å². The van der Waals surface area contributed by atoms with Crippen molar-refractivity contribution in [2.24, 2.45) is 5.41 Å². The second-order valence-corrected chi connectivity index (χ2v) is 9.93. The lowest BCUT2D eigenvalue weighted by Gasteiger charge is -2.28. The second kappa shape index (κ2) is 6.38. The summed E-state index contributed by atoms with van der Waals surface area (Å²) in [7, 11) is -2.91. The number of sulfone groups is 1. The first kappa shape index (κ1) is 17.9. The van der Waals surface area contributed by atoms with Crippen LogP contribution in [0, 0.1) is 5.41 Å². The van der Waals surface area contributed by atoms with Crippen LogP contribution in [0.25, 0.3) is 0 Å². The molecule has 0 spiro atoms. The molecular weight excluding hydrogens is 246 g/mol. The van der Waals surface area contributed by atoms with E-state index in [4.69, 9.17) is 0 Å². The zero-order chi connectivity index (χ0) is 14.6. The van der Waals surface area contributed by atoms with E-state index in [0.29, 0.717) is 5.75 Å². The second-order valence-electron chi connectivity index (χ2n) is 7.26. The van der Waals surface area contributed by atoms with Gasteiger partial charge in [-0.2, -0.15) is 0 Å². The number of hydrogen-bond donors (Lipinski definition) is 1. The first-order valence-corrected chi connectivity index (χ1v) is 8.54. The molecule has 0 bridgehead atoms. The van der Waals surface area contributed by atoms with Gasteiger partial charge in [0.1, 0.15) is 0 Å². The molecule has 0 amide bonds. The van der Waals surface area contributed by atoms with Gasteiger partial charge in [-0.3, -0.25) is 0 Å². The molecule has 0 aliphatic rings. The molecule has 110 valence electrons. The third-order valence-electron chi connectivity index (χ3n) is 3.24. The molecule has 0 heterocycles. The molecule has 3 nitrogen and oxygen atoms in total. The lowest BCUT2D eigenvalue weighted by molar-refractivity contribution is 0.295. The molecule has 0 aliphatic carbocycles. The van der Waals surface area contributed by atoms with Crippen LogP contribution < -0.4 is 5.32 Å². The molecule has 18 heavy (non-hydrogen) atoms. The van der Waals surface area contributed by atoms with Crippen LogP contribution in [0.2, 0.25) is 0 Å². The van der Waals surface area contributed by atoms with Gasteiger partial charge in [-0.1, -0.05) is 13.8 Å². The van der Waals surface area contributed by atoms with E-state index in [1.807, 2.05) is 0 Å². The maximum Gasteiger partial charge on any atom is 0.152 e.